The van der Waals surface area contributed by atoms with Gasteiger partial charge >= 0.3 is 0 Å². The van der Waals surface area contributed by atoms with Crippen molar-refractivity contribution < 1.29 is 14.0 Å². The van der Waals surface area contributed by atoms with Crippen molar-refractivity contribution in [2.24, 2.45) is 0 Å². The van der Waals surface area contributed by atoms with Crippen molar-refractivity contribution in [3.8, 4) is 16.9 Å². The van der Waals surface area contributed by atoms with Crippen molar-refractivity contribution >= 4 is 29.5 Å². The molecule has 1 atom stereocenters. The number of furan rings is 1. The topological polar surface area (TPSA) is 99.0 Å². The van der Waals surface area contributed by atoms with Gasteiger partial charge in [-0.05, 0) is 54.4 Å². The summed E-state index contributed by atoms with van der Waals surface area (Å²) in [6, 6.07) is 20.4. The Balaban J connectivity index is 1.44. The fourth-order valence-corrected chi connectivity index (χ4v) is 5.12. The van der Waals surface area contributed by atoms with E-state index in [0.717, 1.165) is 53.0 Å². The molecule has 4 heterocycles. The van der Waals surface area contributed by atoms with Crippen LogP contribution < -0.4 is 4.90 Å². The van der Waals surface area contributed by atoms with Gasteiger partial charge in [0, 0.05) is 60.0 Å². The molecule has 0 radical (unpaired) electrons. The second kappa shape index (κ2) is 11.4. The van der Waals surface area contributed by atoms with Gasteiger partial charge < -0.3 is 13.6 Å². The Morgan fingerprint density at radius 1 is 1.00 bits per heavy atom. The molecule has 0 aliphatic carbocycles. The molecule has 0 unspecified atom stereocenters. The molecule has 9 heteroatoms. The molecule has 1 amide bonds. The van der Waals surface area contributed by atoms with Gasteiger partial charge in [0.25, 0.3) is 0 Å². The molecule has 0 fully saturated rings. The molecule has 0 aliphatic heterocycles. The average molecular weight is 545 g/mol. The molecule has 0 saturated heterocycles. The molecular weight excluding hydrogens is 516 g/mol. The molecule has 4 aromatic heterocycles. The van der Waals surface area contributed by atoms with Crippen LogP contribution in [0.5, 0.6) is 0 Å². The average Bonchev–Trinajstić information content (AvgIpc) is 3.78. The highest BCUT2D eigenvalue weighted by molar-refractivity contribution is 5.89. The number of hydrogen-bond donors (Lipinski definition) is 0. The summed E-state index contributed by atoms with van der Waals surface area (Å²) in [5, 5.41) is 0.739. The summed E-state index contributed by atoms with van der Waals surface area (Å²) < 4.78 is 10.2. The van der Waals surface area contributed by atoms with Crippen LogP contribution in [0, 0.1) is 0 Å². The molecule has 41 heavy (non-hydrogen) atoms. The molecule has 9 nitrogen and oxygen atoms in total. The first-order valence-electron chi connectivity index (χ1n) is 13.4. The summed E-state index contributed by atoms with van der Waals surface area (Å²) in [5.41, 5.74) is 4.92. The highest BCUT2D eigenvalue weighted by Crippen LogP contribution is 2.35. The minimum Gasteiger partial charge on any atom is -0.440 e. The minimum atomic E-state index is -0.501. The Morgan fingerprint density at radius 2 is 1.88 bits per heavy atom. The predicted octanol–water partition coefficient (Wildman–Crippen LogP) is 6.05. The largest absolute Gasteiger partial charge is 0.440 e. The van der Waals surface area contributed by atoms with Crippen molar-refractivity contribution in [3.63, 3.8) is 0 Å². The molecule has 0 N–H and O–H groups in total. The predicted molar refractivity (Wildman–Crippen MR) is 156 cm³/mol. The van der Waals surface area contributed by atoms with Crippen LogP contribution in [0.25, 0.3) is 27.9 Å². The molecule has 6 aromatic rings. The van der Waals surface area contributed by atoms with E-state index in [1.165, 1.54) is 0 Å². The van der Waals surface area contributed by atoms with Crippen molar-refractivity contribution in [2.75, 3.05) is 4.90 Å². The number of pyridine rings is 1. The highest BCUT2D eigenvalue weighted by atomic mass is 16.4. The number of nitrogens with zero attached hydrogens (tertiary/aromatic N) is 6. The number of imidazole rings is 2. The zero-order chi connectivity index (χ0) is 28.2. The van der Waals surface area contributed by atoms with Gasteiger partial charge in [0.15, 0.2) is 0 Å². The first-order chi connectivity index (χ1) is 20.2. The standard InChI is InChI=1S/C32H28N6O3/c1-2-14-37-29(24-7-9-27(10-8-24)36-15-13-33-21-36)19-35-32(37)28(18-26-5-3-4-12-34-26)38(22-40)31-17-25-16-23(20-39)6-11-30(25)41-31/h3-13,15-17,19-22,28H,2,14,18H2,1H3/t28-/m0/s1. The van der Waals surface area contributed by atoms with Gasteiger partial charge in [-0.25, -0.2) is 9.97 Å². The number of anilines is 1. The van der Waals surface area contributed by atoms with Gasteiger partial charge in [-0.15, -0.1) is 0 Å². The number of carbonyl (C=O) groups is 2. The SMILES string of the molecule is CCCn1c(-c2ccc(-n3ccnc3)cc2)cnc1[C@H](Cc1ccccn1)N(C=O)c1cc2cc(C=O)ccc2o1. The van der Waals surface area contributed by atoms with Crippen LogP contribution in [0.3, 0.4) is 0 Å². The zero-order valence-electron chi connectivity index (χ0n) is 22.5. The first kappa shape index (κ1) is 25.9. The Bertz CT molecular complexity index is 1770. The monoisotopic (exact) mass is 544 g/mol. The molecule has 0 bridgehead atoms. The van der Waals surface area contributed by atoms with Gasteiger partial charge in [0.05, 0.1) is 18.2 Å². The fourth-order valence-electron chi connectivity index (χ4n) is 5.12. The highest BCUT2D eigenvalue weighted by Gasteiger charge is 2.29. The third-order valence-electron chi connectivity index (χ3n) is 7.09. The van der Waals surface area contributed by atoms with Crippen LogP contribution >= 0.6 is 0 Å². The van der Waals surface area contributed by atoms with Crippen LogP contribution in [0.1, 0.15) is 41.3 Å². The lowest BCUT2D eigenvalue weighted by Gasteiger charge is -2.27. The van der Waals surface area contributed by atoms with E-state index in [-0.39, 0.29) is 0 Å². The maximum atomic E-state index is 12.8. The number of aromatic nitrogens is 5. The van der Waals surface area contributed by atoms with Crippen LogP contribution in [-0.2, 0) is 17.8 Å². The van der Waals surface area contributed by atoms with Crippen LogP contribution in [0.2, 0.25) is 0 Å². The number of amides is 1. The smallest absolute Gasteiger partial charge is 0.217 e. The molecule has 2 aromatic carbocycles. The fraction of sp³-hybridized carbons (Fsp3) is 0.156. The second-order valence-electron chi connectivity index (χ2n) is 9.72. The van der Waals surface area contributed by atoms with E-state index in [1.54, 1.807) is 47.9 Å². The Kier molecular flexibility index (Phi) is 7.23. The molecule has 6 rings (SSSR count). The number of hydrogen-bond acceptors (Lipinski definition) is 6. The molecular formula is C32H28N6O3. The molecule has 0 aliphatic rings. The lowest BCUT2D eigenvalue weighted by Crippen LogP contribution is -2.31. The van der Waals surface area contributed by atoms with E-state index < -0.39 is 6.04 Å². The molecule has 204 valence electrons. The number of fused-ring (bicyclic) bond motifs is 1. The number of rotatable bonds is 11. The number of aldehydes is 1. The lowest BCUT2D eigenvalue weighted by atomic mass is 10.1. The van der Waals surface area contributed by atoms with E-state index in [1.807, 2.05) is 47.3 Å². The Labute approximate surface area is 236 Å². The quantitative estimate of drug-likeness (QED) is 0.184. The lowest BCUT2D eigenvalue weighted by molar-refractivity contribution is -0.108. The van der Waals surface area contributed by atoms with E-state index >= 15 is 0 Å². The van der Waals surface area contributed by atoms with Crippen LogP contribution in [-0.4, -0.2) is 36.8 Å². The Morgan fingerprint density at radius 3 is 2.59 bits per heavy atom. The number of carbonyl (C=O) groups excluding carboxylic acids is 2. The van der Waals surface area contributed by atoms with E-state index in [9.17, 15) is 9.59 Å². The van der Waals surface area contributed by atoms with Crippen molar-refractivity contribution in [1.29, 1.82) is 0 Å². The van der Waals surface area contributed by atoms with Gasteiger partial charge in [0.1, 0.15) is 23.7 Å². The zero-order valence-corrected chi connectivity index (χ0v) is 22.5. The number of benzene rings is 2. The van der Waals surface area contributed by atoms with Gasteiger partial charge in [-0.1, -0.05) is 25.1 Å². The van der Waals surface area contributed by atoms with Gasteiger partial charge in [0.2, 0.25) is 12.3 Å². The minimum absolute atomic E-state index is 0.372. The first-order valence-corrected chi connectivity index (χ1v) is 13.4. The molecule has 0 spiro atoms. The van der Waals surface area contributed by atoms with Gasteiger partial charge in [-0.2, -0.15) is 0 Å². The van der Waals surface area contributed by atoms with Crippen molar-refractivity contribution in [1.82, 2.24) is 24.1 Å². The van der Waals surface area contributed by atoms with E-state index in [0.29, 0.717) is 30.0 Å². The van der Waals surface area contributed by atoms with E-state index in [2.05, 4.69) is 33.6 Å². The third kappa shape index (κ3) is 5.17. The summed E-state index contributed by atoms with van der Waals surface area (Å²) in [5.74, 6) is 1.10. The van der Waals surface area contributed by atoms with Crippen molar-refractivity contribution in [3.05, 3.63) is 115 Å². The summed E-state index contributed by atoms with van der Waals surface area (Å²) in [7, 11) is 0. The summed E-state index contributed by atoms with van der Waals surface area (Å²) >= 11 is 0. The summed E-state index contributed by atoms with van der Waals surface area (Å²) in [6.45, 7) is 2.83. The second-order valence-corrected chi connectivity index (χ2v) is 9.72. The Hall–Kier alpha value is -5.31. The molecule has 0 saturated carbocycles. The normalized spacial score (nSPS) is 11.9. The van der Waals surface area contributed by atoms with Crippen molar-refractivity contribution in [2.45, 2.75) is 32.4 Å². The third-order valence-corrected chi connectivity index (χ3v) is 7.09. The maximum absolute atomic E-state index is 12.8. The summed E-state index contributed by atoms with van der Waals surface area (Å²) in [6.07, 6.45) is 11.9. The van der Waals surface area contributed by atoms with E-state index in [4.69, 9.17) is 9.40 Å². The van der Waals surface area contributed by atoms with Crippen LogP contribution in [0.4, 0.5) is 5.88 Å². The maximum Gasteiger partial charge on any atom is 0.217 e. The van der Waals surface area contributed by atoms with Gasteiger partial charge in [-0.3, -0.25) is 19.5 Å². The summed E-state index contributed by atoms with van der Waals surface area (Å²) in [4.78, 5) is 39.2. The van der Waals surface area contributed by atoms with Crippen LogP contribution in [0.15, 0.2) is 102 Å².